The first-order chi connectivity index (χ1) is 6.79. The molecule has 0 spiro atoms. The van der Waals surface area contributed by atoms with Crippen molar-refractivity contribution in [3.05, 3.63) is 23.4 Å². The van der Waals surface area contributed by atoms with Gasteiger partial charge in [0.05, 0.1) is 6.10 Å². The van der Waals surface area contributed by atoms with Crippen LogP contribution in [-0.2, 0) is 0 Å². The van der Waals surface area contributed by atoms with E-state index in [0.29, 0.717) is 0 Å². The second-order valence-electron chi connectivity index (χ2n) is 4.98. The number of aromatic nitrogens is 1. The molecule has 0 unspecified atom stereocenters. The fourth-order valence-electron chi connectivity index (χ4n) is 1.46. The summed E-state index contributed by atoms with van der Waals surface area (Å²) in [7, 11) is 0. The number of aliphatic hydroxyl groups excluding tert-OH is 1. The molecule has 0 aromatic carbocycles. The fourth-order valence-corrected chi connectivity index (χ4v) is 1.46. The first-order valence-corrected chi connectivity index (χ1v) is 5.22. The molecule has 1 heterocycles. The lowest BCUT2D eigenvalue weighted by Gasteiger charge is -2.22. The maximum atomic E-state index is 9.47. The highest BCUT2D eigenvalue weighted by molar-refractivity contribution is 5.42. The molecule has 0 aliphatic carbocycles. The van der Waals surface area contributed by atoms with Crippen molar-refractivity contribution in [1.82, 2.24) is 4.98 Å². The molecule has 0 fully saturated rings. The molecule has 84 valence electrons. The molecular formula is C12H20N2O. The van der Waals surface area contributed by atoms with Gasteiger partial charge in [-0.05, 0) is 46.2 Å². The Morgan fingerprint density at radius 1 is 1.40 bits per heavy atom. The summed E-state index contributed by atoms with van der Waals surface area (Å²) in [5.74, 6) is 0.851. The lowest BCUT2D eigenvalue weighted by atomic mass is 10.1. The van der Waals surface area contributed by atoms with Crippen LogP contribution in [0.15, 0.2) is 12.3 Å². The molecule has 0 saturated carbocycles. The zero-order valence-electron chi connectivity index (χ0n) is 10.1. The van der Waals surface area contributed by atoms with Crippen molar-refractivity contribution in [2.45, 2.75) is 46.3 Å². The largest absolute Gasteiger partial charge is 0.389 e. The zero-order valence-corrected chi connectivity index (χ0v) is 10.1. The monoisotopic (exact) mass is 208 g/mol. The SMILES string of the molecule is Cc1cc(NC(C)(C)C)ncc1[C@H](C)O. The zero-order chi connectivity index (χ0) is 11.6. The van der Waals surface area contributed by atoms with Gasteiger partial charge < -0.3 is 10.4 Å². The molecule has 3 nitrogen and oxygen atoms in total. The van der Waals surface area contributed by atoms with Crippen LogP contribution < -0.4 is 5.32 Å². The van der Waals surface area contributed by atoms with Gasteiger partial charge >= 0.3 is 0 Å². The summed E-state index contributed by atoms with van der Waals surface area (Å²) in [6.45, 7) is 10.0. The standard InChI is InChI=1S/C12H20N2O/c1-8-6-11(14-12(3,4)5)13-7-10(8)9(2)15/h6-7,9,15H,1-5H3,(H,13,14)/t9-/m0/s1. The van der Waals surface area contributed by atoms with E-state index in [1.165, 1.54) is 0 Å². The van der Waals surface area contributed by atoms with Gasteiger partial charge in [-0.2, -0.15) is 0 Å². The molecule has 0 amide bonds. The average Bonchev–Trinajstić information content (AvgIpc) is 1.99. The summed E-state index contributed by atoms with van der Waals surface area (Å²) in [4.78, 5) is 4.28. The van der Waals surface area contributed by atoms with Gasteiger partial charge in [-0.15, -0.1) is 0 Å². The Hall–Kier alpha value is -1.09. The van der Waals surface area contributed by atoms with Gasteiger partial charge in [0.2, 0.25) is 0 Å². The third-order valence-corrected chi connectivity index (χ3v) is 2.10. The number of hydrogen-bond donors (Lipinski definition) is 2. The van der Waals surface area contributed by atoms with Crippen LogP contribution in [0.4, 0.5) is 5.82 Å². The summed E-state index contributed by atoms with van der Waals surface area (Å²) in [6, 6.07) is 1.97. The first-order valence-electron chi connectivity index (χ1n) is 5.22. The number of anilines is 1. The molecule has 15 heavy (non-hydrogen) atoms. The van der Waals surface area contributed by atoms with Crippen LogP contribution in [0.5, 0.6) is 0 Å². The Bertz CT molecular complexity index is 340. The Balaban J connectivity index is 2.92. The maximum absolute atomic E-state index is 9.47. The minimum atomic E-state index is -0.457. The highest BCUT2D eigenvalue weighted by Crippen LogP contribution is 2.20. The third-order valence-electron chi connectivity index (χ3n) is 2.10. The molecule has 3 heteroatoms. The van der Waals surface area contributed by atoms with E-state index >= 15 is 0 Å². The van der Waals surface area contributed by atoms with Crippen molar-refractivity contribution in [3.63, 3.8) is 0 Å². The van der Waals surface area contributed by atoms with E-state index in [1.54, 1.807) is 13.1 Å². The average molecular weight is 208 g/mol. The highest BCUT2D eigenvalue weighted by Gasteiger charge is 2.12. The van der Waals surface area contributed by atoms with E-state index in [9.17, 15) is 5.11 Å². The van der Waals surface area contributed by atoms with Gasteiger partial charge in [-0.3, -0.25) is 0 Å². The number of aliphatic hydroxyl groups is 1. The van der Waals surface area contributed by atoms with Gasteiger partial charge in [0.25, 0.3) is 0 Å². The van der Waals surface area contributed by atoms with Crippen molar-refractivity contribution in [1.29, 1.82) is 0 Å². The molecule has 0 aliphatic rings. The molecule has 0 saturated heterocycles. The number of aryl methyl sites for hydroxylation is 1. The Morgan fingerprint density at radius 3 is 2.40 bits per heavy atom. The topological polar surface area (TPSA) is 45.2 Å². The van der Waals surface area contributed by atoms with Crippen molar-refractivity contribution < 1.29 is 5.11 Å². The van der Waals surface area contributed by atoms with Gasteiger partial charge in [0.15, 0.2) is 0 Å². The number of pyridine rings is 1. The predicted octanol–water partition coefficient (Wildman–Crippen LogP) is 2.65. The lowest BCUT2D eigenvalue weighted by Crippen LogP contribution is -2.26. The molecular weight excluding hydrogens is 188 g/mol. The fraction of sp³-hybridized carbons (Fsp3) is 0.583. The number of rotatable bonds is 2. The van der Waals surface area contributed by atoms with E-state index in [2.05, 4.69) is 31.1 Å². The van der Waals surface area contributed by atoms with E-state index < -0.39 is 6.10 Å². The van der Waals surface area contributed by atoms with Gasteiger partial charge in [0.1, 0.15) is 5.82 Å². The van der Waals surface area contributed by atoms with Gasteiger partial charge in [0, 0.05) is 17.3 Å². The quantitative estimate of drug-likeness (QED) is 0.785. The van der Waals surface area contributed by atoms with Crippen LogP contribution in [-0.4, -0.2) is 15.6 Å². The normalized spacial score (nSPS) is 13.7. The van der Waals surface area contributed by atoms with E-state index in [0.717, 1.165) is 16.9 Å². The molecule has 1 atom stereocenters. The summed E-state index contributed by atoms with van der Waals surface area (Å²) in [5, 5.41) is 12.8. The predicted molar refractivity (Wildman–Crippen MR) is 63.0 cm³/mol. The number of nitrogens with one attached hydrogen (secondary N) is 1. The van der Waals surface area contributed by atoms with Crippen LogP contribution in [0.3, 0.4) is 0 Å². The summed E-state index contributed by atoms with van der Waals surface area (Å²) >= 11 is 0. The second-order valence-corrected chi connectivity index (χ2v) is 4.98. The van der Waals surface area contributed by atoms with E-state index in [1.807, 2.05) is 13.0 Å². The smallest absolute Gasteiger partial charge is 0.126 e. The summed E-state index contributed by atoms with van der Waals surface area (Å²) in [5.41, 5.74) is 1.95. The van der Waals surface area contributed by atoms with Crippen LogP contribution >= 0.6 is 0 Å². The second kappa shape index (κ2) is 4.19. The molecule has 1 aromatic rings. The van der Waals surface area contributed by atoms with Crippen molar-refractivity contribution in [2.24, 2.45) is 0 Å². The van der Waals surface area contributed by atoms with Gasteiger partial charge in [-0.1, -0.05) is 0 Å². The lowest BCUT2D eigenvalue weighted by molar-refractivity contribution is 0.198. The van der Waals surface area contributed by atoms with Crippen LogP contribution in [0.1, 0.15) is 44.9 Å². The molecule has 1 aromatic heterocycles. The van der Waals surface area contributed by atoms with Crippen molar-refractivity contribution in [2.75, 3.05) is 5.32 Å². The Labute approximate surface area is 91.5 Å². The number of hydrogen-bond acceptors (Lipinski definition) is 3. The van der Waals surface area contributed by atoms with Crippen molar-refractivity contribution >= 4 is 5.82 Å². The minimum absolute atomic E-state index is 0.00574. The first kappa shape index (κ1) is 12.0. The van der Waals surface area contributed by atoms with E-state index in [-0.39, 0.29) is 5.54 Å². The molecule has 0 radical (unpaired) electrons. The molecule has 1 rings (SSSR count). The third kappa shape index (κ3) is 3.51. The minimum Gasteiger partial charge on any atom is -0.389 e. The van der Waals surface area contributed by atoms with Crippen LogP contribution in [0, 0.1) is 6.92 Å². The van der Waals surface area contributed by atoms with Crippen molar-refractivity contribution in [3.8, 4) is 0 Å². The van der Waals surface area contributed by atoms with Gasteiger partial charge in [-0.25, -0.2) is 4.98 Å². The Kier molecular flexibility index (Phi) is 3.35. The van der Waals surface area contributed by atoms with Crippen LogP contribution in [0.25, 0.3) is 0 Å². The summed E-state index contributed by atoms with van der Waals surface area (Å²) < 4.78 is 0. The van der Waals surface area contributed by atoms with E-state index in [4.69, 9.17) is 0 Å². The highest BCUT2D eigenvalue weighted by atomic mass is 16.3. The maximum Gasteiger partial charge on any atom is 0.126 e. The molecule has 0 aliphatic heterocycles. The summed E-state index contributed by atoms with van der Waals surface area (Å²) in [6.07, 6.45) is 1.27. The number of nitrogens with zero attached hydrogens (tertiary/aromatic N) is 1. The van der Waals surface area contributed by atoms with Crippen LogP contribution in [0.2, 0.25) is 0 Å². The Morgan fingerprint density at radius 2 is 2.00 bits per heavy atom. The molecule has 2 N–H and O–H groups in total. The molecule has 0 bridgehead atoms.